The zero-order valence-corrected chi connectivity index (χ0v) is 31.7. The zero-order chi connectivity index (χ0) is 35.6. The fourth-order valence-electron chi connectivity index (χ4n) is 6.83. The highest BCUT2D eigenvalue weighted by Gasteiger charge is 2.26. The maximum atomic E-state index is 5.52. The van der Waals surface area contributed by atoms with Gasteiger partial charge in [-0.3, -0.25) is 9.55 Å². The number of fused-ring (bicyclic) bond motifs is 3. The average molecular weight is 674 g/mol. The van der Waals surface area contributed by atoms with Gasteiger partial charge in [-0.2, -0.15) is 0 Å². The van der Waals surface area contributed by atoms with Crippen LogP contribution >= 0.6 is 12.6 Å². The normalized spacial score (nSPS) is 12.6. The van der Waals surface area contributed by atoms with Crippen LogP contribution in [-0.2, 0) is 16.2 Å². The second-order valence-corrected chi connectivity index (χ2v) is 17.1. The number of para-hydroxylation sites is 1. The molecule has 0 amide bonds. The first-order valence-corrected chi connectivity index (χ1v) is 18.0. The van der Waals surface area contributed by atoms with E-state index in [1.54, 1.807) is 0 Å². The van der Waals surface area contributed by atoms with Crippen LogP contribution in [0.2, 0.25) is 0 Å². The lowest BCUT2D eigenvalue weighted by Gasteiger charge is -2.28. The maximum absolute atomic E-state index is 5.52. The molecule has 7 rings (SSSR count). The molecular weight excluding hydrogens is 627 g/mol. The van der Waals surface area contributed by atoms with Crippen LogP contribution < -0.4 is 0 Å². The number of rotatable bonds is 4. The minimum atomic E-state index is -0.0707. The second-order valence-electron chi connectivity index (χ2n) is 16.7. The third kappa shape index (κ3) is 6.26. The number of thiol groups is 1. The van der Waals surface area contributed by atoms with Crippen LogP contribution in [0, 0.1) is 0 Å². The molecule has 0 unspecified atom stereocenters. The Morgan fingerprint density at radius 1 is 0.540 bits per heavy atom. The van der Waals surface area contributed by atoms with Crippen molar-refractivity contribution in [2.75, 3.05) is 0 Å². The number of benzene rings is 4. The van der Waals surface area contributed by atoms with Gasteiger partial charge in [0.1, 0.15) is 5.65 Å². The monoisotopic (exact) mass is 673 g/mol. The first-order chi connectivity index (χ1) is 23.6. The smallest absolute Gasteiger partial charge is 0.146 e. The van der Waals surface area contributed by atoms with Crippen molar-refractivity contribution >= 4 is 34.6 Å². The van der Waals surface area contributed by atoms with Crippen LogP contribution in [0.25, 0.3) is 61.3 Å². The summed E-state index contributed by atoms with van der Waals surface area (Å²) in [4.78, 5) is 11.4. The van der Waals surface area contributed by atoms with E-state index in [9.17, 15) is 0 Å². The summed E-state index contributed by atoms with van der Waals surface area (Å²) in [5.41, 5.74) is 13.1. The summed E-state index contributed by atoms with van der Waals surface area (Å²) in [7, 11) is 0. The molecule has 0 aliphatic heterocycles. The Kier molecular flexibility index (Phi) is 8.30. The molecule has 3 aromatic heterocycles. The van der Waals surface area contributed by atoms with Crippen LogP contribution in [0.4, 0.5) is 0 Å². The van der Waals surface area contributed by atoms with Gasteiger partial charge in [0, 0.05) is 38.7 Å². The Morgan fingerprint density at radius 3 is 1.92 bits per heavy atom. The van der Waals surface area contributed by atoms with Gasteiger partial charge in [-0.15, -0.1) is 12.6 Å². The van der Waals surface area contributed by atoms with Crippen molar-refractivity contribution < 1.29 is 0 Å². The molecule has 0 fully saturated rings. The molecular formula is C46H47N3S. The Hall–Kier alpha value is -4.67. The molecule has 0 bridgehead atoms. The van der Waals surface area contributed by atoms with Gasteiger partial charge in [0.25, 0.3) is 0 Å². The van der Waals surface area contributed by atoms with Gasteiger partial charge in [0.2, 0.25) is 0 Å². The van der Waals surface area contributed by atoms with Crippen molar-refractivity contribution in [1.29, 1.82) is 0 Å². The largest absolute Gasteiger partial charge is 0.294 e. The minimum absolute atomic E-state index is 0.00765. The summed E-state index contributed by atoms with van der Waals surface area (Å²) in [5.74, 6) is 0. The minimum Gasteiger partial charge on any atom is -0.294 e. The highest BCUT2D eigenvalue weighted by atomic mass is 32.1. The lowest BCUT2D eigenvalue weighted by Crippen LogP contribution is -2.17. The Morgan fingerprint density at radius 2 is 1.22 bits per heavy atom. The van der Waals surface area contributed by atoms with Gasteiger partial charge in [0.05, 0.1) is 16.9 Å². The highest BCUT2D eigenvalue weighted by Crippen LogP contribution is 2.41. The van der Waals surface area contributed by atoms with Crippen LogP contribution in [0.15, 0.2) is 120 Å². The lowest BCUT2D eigenvalue weighted by molar-refractivity contribution is 0.560. The molecule has 0 aliphatic carbocycles. The van der Waals surface area contributed by atoms with Gasteiger partial charge >= 0.3 is 0 Å². The van der Waals surface area contributed by atoms with Crippen LogP contribution in [-0.4, -0.2) is 14.5 Å². The van der Waals surface area contributed by atoms with E-state index in [2.05, 4.69) is 176 Å². The number of pyridine rings is 2. The summed E-state index contributed by atoms with van der Waals surface area (Å²) < 4.78 is 2.33. The number of hydrogen-bond acceptors (Lipinski definition) is 3. The van der Waals surface area contributed by atoms with Crippen molar-refractivity contribution in [3.05, 3.63) is 132 Å². The topological polar surface area (TPSA) is 30.7 Å². The summed E-state index contributed by atoms with van der Waals surface area (Å²) >= 11 is 5.18. The van der Waals surface area contributed by atoms with E-state index in [4.69, 9.17) is 22.6 Å². The first-order valence-electron chi connectivity index (χ1n) is 17.6. The van der Waals surface area contributed by atoms with Gasteiger partial charge in [0.15, 0.2) is 0 Å². The molecule has 0 radical (unpaired) electrons. The molecule has 0 saturated carbocycles. The fourth-order valence-corrected chi connectivity index (χ4v) is 7.40. The number of hydrogen-bond donors (Lipinski definition) is 1. The molecule has 0 saturated heterocycles. The highest BCUT2D eigenvalue weighted by molar-refractivity contribution is 7.80. The molecule has 0 atom stereocenters. The third-order valence-electron chi connectivity index (χ3n) is 9.79. The van der Waals surface area contributed by atoms with Crippen molar-refractivity contribution in [2.24, 2.45) is 0 Å². The predicted octanol–water partition coefficient (Wildman–Crippen LogP) is 12.8. The van der Waals surface area contributed by atoms with Gasteiger partial charge in [-0.05, 0) is 98.7 Å². The summed E-state index contributed by atoms with van der Waals surface area (Å²) in [5, 5.41) is 2.29. The quantitative estimate of drug-likeness (QED) is 0.189. The first kappa shape index (κ1) is 33.8. The fraction of sp³-hybridized carbons (Fsp3) is 0.261. The van der Waals surface area contributed by atoms with Crippen molar-refractivity contribution in [3.8, 4) is 39.3 Å². The van der Waals surface area contributed by atoms with E-state index in [1.165, 1.54) is 22.1 Å². The number of aromatic nitrogens is 3. The van der Waals surface area contributed by atoms with E-state index in [0.29, 0.717) is 0 Å². The Bertz CT molecular complexity index is 2380. The zero-order valence-electron chi connectivity index (χ0n) is 30.8. The Balaban J connectivity index is 1.53. The van der Waals surface area contributed by atoms with E-state index in [0.717, 1.165) is 60.8 Å². The molecule has 4 aromatic carbocycles. The molecule has 50 heavy (non-hydrogen) atoms. The van der Waals surface area contributed by atoms with Crippen molar-refractivity contribution in [3.63, 3.8) is 0 Å². The molecule has 7 aromatic rings. The summed E-state index contributed by atoms with van der Waals surface area (Å²) in [6.45, 7) is 20.3. The number of nitrogens with zero attached hydrogens (tertiary/aromatic N) is 3. The van der Waals surface area contributed by atoms with E-state index < -0.39 is 0 Å². The molecule has 3 heterocycles. The molecule has 4 heteroatoms. The van der Waals surface area contributed by atoms with Crippen LogP contribution in [0.1, 0.15) is 79.0 Å². The van der Waals surface area contributed by atoms with E-state index in [-0.39, 0.29) is 16.2 Å². The third-order valence-corrected chi connectivity index (χ3v) is 10.3. The molecule has 0 N–H and O–H groups in total. The summed E-state index contributed by atoms with van der Waals surface area (Å²) in [6, 6.07) is 39.4. The van der Waals surface area contributed by atoms with Gasteiger partial charge in [-0.1, -0.05) is 117 Å². The lowest BCUT2D eigenvalue weighted by atomic mass is 9.79. The van der Waals surface area contributed by atoms with Crippen molar-refractivity contribution in [1.82, 2.24) is 14.5 Å². The molecule has 0 spiro atoms. The molecule has 252 valence electrons. The molecule has 0 aliphatic rings. The van der Waals surface area contributed by atoms with Gasteiger partial charge in [-0.25, -0.2) is 4.98 Å². The average Bonchev–Trinajstić information content (AvgIpc) is 3.41. The van der Waals surface area contributed by atoms with Crippen LogP contribution in [0.5, 0.6) is 0 Å². The SMILES string of the molecule is CC(C)(C)c1ccnc(-c2cc(-c3ccccc3)cc(-n3c4ccccc4c4ccc(-c5cc(C(C)(C)C)cc(C(C)(C)C)c5S)nc43)c2)c1. The summed E-state index contributed by atoms with van der Waals surface area (Å²) in [6.07, 6.45) is 1.94. The second kappa shape index (κ2) is 12.3. The standard InChI is InChI=1S/C46H47N3S/c1-44(2,3)32-21-22-47-40(28-32)31-23-30(29-15-11-10-12-16-29)24-34(25-31)49-41-18-14-13-17-35(41)36-19-20-39(48-43(36)49)37-26-33(45(4,5)6)27-38(42(37)50)46(7,8)9/h10-28,50H,1-9H3. The van der Waals surface area contributed by atoms with Crippen molar-refractivity contribution in [2.45, 2.75) is 83.5 Å². The van der Waals surface area contributed by atoms with E-state index >= 15 is 0 Å². The predicted molar refractivity (Wildman–Crippen MR) is 216 cm³/mol. The molecule has 3 nitrogen and oxygen atoms in total. The van der Waals surface area contributed by atoms with Gasteiger partial charge < -0.3 is 0 Å². The van der Waals surface area contributed by atoms with E-state index in [1.807, 2.05) is 6.20 Å². The van der Waals surface area contributed by atoms with Crippen LogP contribution in [0.3, 0.4) is 0 Å². The maximum Gasteiger partial charge on any atom is 0.146 e. The Labute approximate surface area is 302 Å².